The molecule has 1 aromatic carbocycles. The van der Waals surface area contributed by atoms with Crippen LogP contribution >= 0.6 is 0 Å². The van der Waals surface area contributed by atoms with Crippen LogP contribution < -0.4 is 5.32 Å². The second-order valence-electron chi connectivity index (χ2n) is 6.33. The van der Waals surface area contributed by atoms with E-state index < -0.39 is 5.54 Å². The molecule has 0 radical (unpaired) electrons. The van der Waals surface area contributed by atoms with Crippen LogP contribution in [0.15, 0.2) is 55.2 Å². The Morgan fingerprint density at radius 3 is 2.84 bits per heavy atom. The van der Waals surface area contributed by atoms with Gasteiger partial charge in [0.2, 0.25) is 0 Å². The molecule has 124 valence electrons. The Bertz CT molecular complexity index is 957. The number of hydrogen-bond acceptors (Lipinski definition) is 4. The molecule has 25 heavy (non-hydrogen) atoms. The molecule has 0 amide bonds. The van der Waals surface area contributed by atoms with Crippen molar-refractivity contribution in [3.8, 4) is 11.1 Å². The van der Waals surface area contributed by atoms with E-state index in [1.807, 2.05) is 25.1 Å². The molecule has 0 unspecified atom stereocenters. The third-order valence-electron chi connectivity index (χ3n) is 4.54. The Labute approximate surface area is 144 Å². The normalized spacial score (nSPS) is 19.2. The van der Waals surface area contributed by atoms with Gasteiger partial charge in [0.25, 0.3) is 0 Å². The quantitative estimate of drug-likeness (QED) is 0.756. The van der Waals surface area contributed by atoms with Gasteiger partial charge in [-0.3, -0.25) is 10.4 Å². The van der Waals surface area contributed by atoms with Crippen LogP contribution in [0.3, 0.4) is 0 Å². The van der Waals surface area contributed by atoms with Gasteiger partial charge in [-0.2, -0.15) is 0 Å². The molecule has 3 heterocycles. The summed E-state index contributed by atoms with van der Waals surface area (Å²) in [6, 6.07) is 8.80. The minimum atomic E-state index is -0.763. The predicted octanol–water partition coefficient (Wildman–Crippen LogP) is 3.06. The molecule has 0 fully saturated rings. The maximum Gasteiger partial charge on any atom is 0.129 e. The number of halogens is 1. The van der Waals surface area contributed by atoms with Crippen LogP contribution in [0.5, 0.6) is 0 Å². The number of amidine groups is 1. The molecule has 5 nitrogen and oxygen atoms in total. The highest BCUT2D eigenvalue weighted by Crippen LogP contribution is 2.34. The number of nitrogens with one attached hydrogen (secondary N) is 2. The highest BCUT2D eigenvalue weighted by Gasteiger charge is 2.36. The molecule has 1 aliphatic heterocycles. The van der Waals surface area contributed by atoms with Crippen molar-refractivity contribution < 1.29 is 4.39 Å². The summed E-state index contributed by atoms with van der Waals surface area (Å²) in [6.45, 7) is 1.89. The largest absolute Gasteiger partial charge is 0.360 e. The van der Waals surface area contributed by atoms with Crippen LogP contribution in [-0.2, 0) is 12.0 Å². The van der Waals surface area contributed by atoms with Crippen molar-refractivity contribution in [2.75, 3.05) is 0 Å². The van der Waals surface area contributed by atoms with Gasteiger partial charge in [0.15, 0.2) is 0 Å². The lowest BCUT2D eigenvalue weighted by Gasteiger charge is -2.37. The van der Waals surface area contributed by atoms with E-state index >= 15 is 0 Å². The predicted molar refractivity (Wildman–Crippen MR) is 92.7 cm³/mol. The van der Waals surface area contributed by atoms with Gasteiger partial charge < -0.3 is 5.32 Å². The lowest BCUT2D eigenvalue weighted by molar-refractivity contribution is 0.395. The molecule has 0 saturated heterocycles. The number of aromatic nitrogens is 3. The number of fused-ring (bicyclic) bond motifs is 1. The van der Waals surface area contributed by atoms with E-state index in [2.05, 4.69) is 20.3 Å². The Morgan fingerprint density at radius 1 is 1.16 bits per heavy atom. The van der Waals surface area contributed by atoms with Crippen molar-refractivity contribution in [2.24, 2.45) is 0 Å². The first-order valence-corrected chi connectivity index (χ1v) is 7.93. The van der Waals surface area contributed by atoms with Crippen LogP contribution in [-0.4, -0.2) is 20.8 Å². The van der Waals surface area contributed by atoms with Crippen LogP contribution in [0.4, 0.5) is 4.39 Å². The maximum absolute atomic E-state index is 14.7. The zero-order chi connectivity index (χ0) is 17.4. The Balaban J connectivity index is 1.81. The zero-order valence-electron chi connectivity index (χ0n) is 13.6. The molecule has 0 spiro atoms. The highest BCUT2D eigenvalue weighted by atomic mass is 19.1. The lowest BCUT2D eigenvalue weighted by Crippen LogP contribution is -2.50. The lowest BCUT2D eigenvalue weighted by atomic mass is 9.81. The Kier molecular flexibility index (Phi) is 3.53. The number of hydrogen-bond donors (Lipinski definition) is 2. The number of pyridine rings is 1. The average molecular weight is 333 g/mol. The summed E-state index contributed by atoms with van der Waals surface area (Å²) >= 11 is 0. The number of nitrogens with zero attached hydrogens (tertiary/aromatic N) is 3. The monoisotopic (exact) mass is 333 g/mol. The van der Waals surface area contributed by atoms with Crippen molar-refractivity contribution in [3.05, 3.63) is 77.9 Å². The topological polar surface area (TPSA) is 74.5 Å². The van der Waals surface area contributed by atoms with Crippen LogP contribution in [0.25, 0.3) is 11.1 Å². The van der Waals surface area contributed by atoms with Gasteiger partial charge in [0.05, 0.1) is 16.8 Å². The van der Waals surface area contributed by atoms with E-state index in [-0.39, 0.29) is 11.7 Å². The van der Waals surface area contributed by atoms with E-state index in [0.717, 1.165) is 16.8 Å². The first kappa shape index (κ1) is 15.4. The Morgan fingerprint density at radius 2 is 2.04 bits per heavy atom. The summed E-state index contributed by atoms with van der Waals surface area (Å²) in [5.41, 5.74) is 2.94. The van der Waals surface area contributed by atoms with E-state index in [0.29, 0.717) is 17.5 Å². The van der Waals surface area contributed by atoms with Crippen molar-refractivity contribution in [1.29, 1.82) is 5.41 Å². The number of rotatable bonds is 2. The van der Waals surface area contributed by atoms with Gasteiger partial charge in [0, 0.05) is 36.1 Å². The minimum Gasteiger partial charge on any atom is -0.360 e. The van der Waals surface area contributed by atoms with E-state index in [1.165, 1.54) is 12.4 Å². The summed E-state index contributed by atoms with van der Waals surface area (Å²) in [6.07, 6.45) is 6.99. The van der Waals surface area contributed by atoms with Crippen LogP contribution in [0, 0.1) is 11.2 Å². The van der Waals surface area contributed by atoms with Gasteiger partial charge in [0.1, 0.15) is 18.0 Å². The van der Waals surface area contributed by atoms with Crippen molar-refractivity contribution >= 4 is 5.84 Å². The van der Waals surface area contributed by atoms with Crippen LogP contribution in [0.2, 0.25) is 0 Å². The fourth-order valence-corrected chi connectivity index (χ4v) is 3.25. The first-order chi connectivity index (χ1) is 12.1. The molecule has 0 aliphatic carbocycles. The Hall–Kier alpha value is -3.15. The fourth-order valence-electron chi connectivity index (χ4n) is 3.25. The summed E-state index contributed by atoms with van der Waals surface area (Å²) in [5, 5.41) is 11.4. The summed E-state index contributed by atoms with van der Waals surface area (Å²) in [7, 11) is 0. The van der Waals surface area contributed by atoms with Crippen LogP contribution in [0.1, 0.15) is 23.7 Å². The molecule has 2 aromatic heterocycles. The number of benzene rings is 1. The van der Waals surface area contributed by atoms with Crippen molar-refractivity contribution in [3.63, 3.8) is 0 Å². The van der Waals surface area contributed by atoms with Gasteiger partial charge >= 0.3 is 0 Å². The average Bonchev–Trinajstić information content (AvgIpc) is 2.62. The van der Waals surface area contributed by atoms with Crippen molar-refractivity contribution in [1.82, 2.24) is 20.3 Å². The standard InChI is InChI=1S/C19H16FN5/c1-19(8-17-14(18(21)25-19)10-23-11-24-17)15-7-12(4-5-16(15)20)13-3-2-6-22-9-13/h2-7,9-11H,8H2,1H3,(H2,21,25)/t19-/m0/s1. The van der Waals surface area contributed by atoms with Crippen molar-refractivity contribution in [2.45, 2.75) is 18.9 Å². The molecule has 1 aliphatic rings. The van der Waals surface area contributed by atoms with E-state index in [9.17, 15) is 4.39 Å². The molecular weight excluding hydrogens is 317 g/mol. The third-order valence-corrected chi connectivity index (χ3v) is 4.54. The summed E-state index contributed by atoms with van der Waals surface area (Å²) in [5.74, 6) is -0.108. The third kappa shape index (κ3) is 2.65. The van der Waals surface area contributed by atoms with Gasteiger partial charge in [-0.15, -0.1) is 0 Å². The SMILES string of the molecule is C[C@@]1(c2cc(-c3cccnc3)ccc2F)Cc2ncncc2C(=N)N1. The summed E-state index contributed by atoms with van der Waals surface area (Å²) < 4.78 is 14.7. The molecular formula is C19H16FN5. The molecule has 3 aromatic rings. The van der Waals surface area contributed by atoms with E-state index in [4.69, 9.17) is 5.41 Å². The van der Waals surface area contributed by atoms with Gasteiger partial charge in [-0.05, 0) is 30.7 Å². The maximum atomic E-state index is 14.7. The molecule has 0 bridgehead atoms. The second-order valence-corrected chi connectivity index (χ2v) is 6.33. The molecule has 2 N–H and O–H groups in total. The van der Waals surface area contributed by atoms with E-state index in [1.54, 1.807) is 24.7 Å². The highest BCUT2D eigenvalue weighted by molar-refractivity contribution is 5.98. The molecule has 4 rings (SSSR count). The van der Waals surface area contributed by atoms with Gasteiger partial charge in [-0.1, -0.05) is 12.1 Å². The molecule has 6 heteroatoms. The zero-order valence-corrected chi connectivity index (χ0v) is 13.6. The smallest absolute Gasteiger partial charge is 0.129 e. The molecule has 1 atom stereocenters. The fraction of sp³-hybridized carbons (Fsp3) is 0.158. The minimum absolute atomic E-state index is 0.204. The molecule has 0 saturated carbocycles. The first-order valence-electron chi connectivity index (χ1n) is 7.93. The van der Waals surface area contributed by atoms with Gasteiger partial charge in [-0.25, -0.2) is 14.4 Å². The second kappa shape index (κ2) is 5.73. The summed E-state index contributed by atoms with van der Waals surface area (Å²) in [4.78, 5) is 12.4.